The first-order valence-corrected chi connectivity index (χ1v) is 23.9. The molecule has 0 spiro atoms. The number of phenolic OH excluding ortho intramolecular Hbond substituents is 1. The van der Waals surface area contributed by atoms with Gasteiger partial charge >= 0.3 is 0 Å². The Labute approximate surface area is 349 Å². The highest BCUT2D eigenvalue weighted by molar-refractivity contribution is 6.30. The predicted octanol–water partition coefficient (Wildman–Crippen LogP) is 14.3. The van der Waals surface area contributed by atoms with E-state index in [2.05, 4.69) is 20.9 Å². The summed E-state index contributed by atoms with van der Waals surface area (Å²) in [5.74, 6) is -0.00287. The number of quaternary nitrogens is 1. The van der Waals surface area contributed by atoms with E-state index in [-0.39, 0.29) is 39.6 Å². The first-order chi connectivity index (χ1) is 27.7. The van der Waals surface area contributed by atoms with Gasteiger partial charge in [-0.25, -0.2) is 0 Å². The first-order valence-electron chi connectivity index (χ1n) is 23.9. The zero-order valence-electron chi connectivity index (χ0n) is 37.5. The molecule has 0 aliphatic heterocycles. The number of ether oxygens (including phenoxy) is 2. The molecule has 57 heavy (non-hydrogen) atoms. The highest BCUT2D eigenvalue weighted by Crippen LogP contribution is 2.40. The molecule has 0 amide bonds. The van der Waals surface area contributed by atoms with Gasteiger partial charge in [0.1, 0.15) is 30.4 Å². The van der Waals surface area contributed by atoms with E-state index in [0.29, 0.717) is 18.1 Å². The maximum Gasteiger partial charge on any atom is 0.201 e. The summed E-state index contributed by atoms with van der Waals surface area (Å²) in [6.45, 7) is 9.88. The van der Waals surface area contributed by atoms with E-state index in [9.17, 15) is 14.7 Å². The lowest BCUT2D eigenvalue weighted by Gasteiger charge is -2.35. The van der Waals surface area contributed by atoms with Gasteiger partial charge in [-0.2, -0.15) is 0 Å². The zero-order chi connectivity index (χ0) is 41.1. The Morgan fingerprint density at radius 1 is 0.509 bits per heavy atom. The quantitative estimate of drug-likeness (QED) is 0.0474. The second-order valence-electron chi connectivity index (χ2n) is 17.7. The van der Waals surface area contributed by atoms with Crippen LogP contribution < -0.4 is 9.47 Å². The molecule has 6 heteroatoms. The molecule has 322 valence electrons. The Balaban J connectivity index is 1.49. The number of phenols is 1. The van der Waals surface area contributed by atoms with Crippen molar-refractivity contribution in [3.05, 3.63) is 52.1 Å². The molecule has 0 bridgehead atoms. The molecule has 0 radical (unpaired) electrons. The summed E-state index contributed by atoms with van der Waals surface area (Å²) in [5.41, 5.74) is 1.51. The number of benzene rings is 2. The molecule has 0 aromatic heterocycles. The number of likely N-dealkylation sites (N-methyl/N-ethyl adjacent to an activating group) is 1. The van der Waals surface area contributed by atoms with Crippen molar-refractivity contribution in [1.29, 1.82) is 0 Å². The SMILES string of the molecule is CCCCCCCCCCCCCCCC[N+](C)(CCCCCCCCCCCCCCCC)CCOc1cc(OC)cc2c1C(=O)c1c(O)cc(C)cc1C2=O. The Kier molecular flexibility index (Phi) is 24.3. The van der Waals surface area contributed by atoms with Gasteiger partial charge in [0.15, 0.2) is 5.78 Å². The van der Waals surface area contributed by atoms with Crippen LogP contribution in [0.15, 0.2) is 24.3 Å². The van der Waals surface area contributed by atoms with Crippen molar-refractivity contribution >= 4 is 11.6 Å². The lowest BCUT2D eigenvalue weighted by molar-refractivity contribution is -0.910. The van der Waals surface area contributed by atoms with Gasteiger partial charge in [-0.05, 0) is 56.4 Å². The molecule has 0 fully saturated rings. The lowest BCUT2D eigenvalue weighted by Crippen LogP contribution is -2.48. The van der Waals surface area contributed by atoms with Crippen molar-refractivity contribution < 1.29 is 28.7 Å². The van der Waals surface area contributed by atoms with Crippen LogP contribution in [0.3, 0.4) is 0 Å². The molecular formula is C51H84NO5+. The van der Waals surface area contributed by atoms with Crippen LogP contribution in [0.25, 0.3) is 0 Å². The Bertz CT molecular complexity index is 1400. The molecule has 0 heterocycles. The largest absolute Gasteiger partial charge is 0.507 e. The van der Waals surface area contributed by atoms with Crippen LogP contribution in [0.5, 0.6) is 17.2 Å². The van der Waals surface area contributed by atoms with Gasteiger partial charge in [0.05, 0.1) is 38.4 Å². The van der Waals surface area contributed by atoms with E-state index in [0.717, 1.165) is 29.7 Å². The lowest BCUT2D eigenvalue weighted by atomic mass is 9.82. The molecule has 0 saturated heterocycles. The van der Waals surface area contributed by atoms with E-state index in [1.54, 1.807) is 32.2 Å². The van der Waals surface area contributed by atoms with Crippen LogP contribution >= 0.6 is 0 Å². The van der Waals surface area contributed by atoms with E-state index in [4.69, 9.17) is 9.47 Å². The second kappa shape index (κ2) is 28.5. The van der Waals surface area contributed by atoms with Gasteiger partial charge in [0.2, 0.25) is 5.78 Å². The monoisotopic (exact) mass is 791 g/mol. The van der Waals surface area contributed by atoms with Gasteiger partial charge in [0.25, 0.3) is 0 Å². The van der Waals surface area contributed by atoms with Crippen molar-refractivity contribution in [2.24, 2.45) is 0 Å². The maximum atomic E-state index is 13.8. The van der Waals surface area contributed by atoms with Crippen LogP contribution in [-0.2, 0) is 0 Å². The number of aromatic hydroxyl groups is 1. The molecule has 0 unspecified atom stereocenters. The number of hydrogen-bond acceptors (Lipinski definition) is 5. The summed E-state index contributed by atoms with van der Waals surface area (Å²) in [6.07, 6.45) is 38.1. The minimum atomic E-state index is -0.378. The van der Waals surface area contributed by atoms with Crippen LogP contribution in [0, 0.1) is 6.92 Å². The summed E-state index contributed by atoms with van der Waals surface area (Å²) >= 11 is 0. The van der Waals surface area contributed by atoms with Crippen LogP contribution in [0.4, 0.5) is 0 Å². The standard InChI is InChI=1S/C51H83NO5/c1-6-8-10-12-14-16-18-20-22-24-26-28-30-32-34-52(4,35-33-31-29-27-25-23-21-19-17-15-13-11-9-7-2)36-37-57-47-41-43(56-5)40-45-49(47)51(55)48-44(50(45)54)38-42(3)39-46(48)53/h38-41H,6-37H2,1-5H3/p+1. The number of rotatable bonds is 35. The second-order valence-corrected chi connectivity index (χ2v) is 17.7. The summed E-state index contributed by atoms with van der Waals surface area (Å²) in [6, 6.07) is 6.55. The Hall–Kier alpha value is -2.86. The summed E-state index contributed by atoms with van der Waals surface area (Å²) in [5, 5.41) is 10.7. The highest BCUT2D eigenvalue weighted by Gasteiger charge is 2.36. The van der Waals surface area contributed by atoms with Crippen molar-refractivity contribution in [3.63, 3.8) is 0 Å². The van der Waals surface area contributed by atoms with Crippen molar-refractivity contribution in [3.8, 4) is 17.2 Å². The molecule has 1 N–H and O–H groups in total. The molecule has 0 atom stereocenters. The fourth-order valence-corrected chi connectivity index (χ4v) is 8.78. The minimum Gasteiger partial charge on any atom is -0.507 e. The number of carbonyl (C=O) groups excluding carboxylic acids is 2. The molecule has 2 aromatic carbocycles. The summed E-state index contributed by atoms with van der Waals surface area (Å²) in [4.78, 5) is 27.5. The molecular weight excluding hydrogens is 707 g/mol. The highest BCUT2D eigenvalue weighted by atomic mass is 16.5. The molecule has 6 nitrogen and oxygen atoms in total. The number of carbonyl (C=O) groups is 2. The van der Waals surface area contributed by atoms with Crippen molar-refractivity contribution in [2.75, 3.05) is 40.4 Å². The Morgan fingerprint density at radius 2 is 0.912 bits per heavy atom. The maximum absolute atomic E-state index is 13.8. The average Bonchev–Trinajstić information content (AvgIpc) is 3.19. The molecule has 3 rings (SSSR count). The third-order valence-electron chi connectivity index (χ3n) is 12.5. The Morgan fingerprint density at radius 3 is 1.33 bits per heavy atom. The smallest absolute Gasteiger partial charge is 0.201 e. The number of fused-ring (bicyclic) bond motifs is 2. The topological polar surface area (TPSA) is 72.8 Å². The molecule has 1 aliphatic carbocycles. The molecule has 2 aromatic rings. The van der Waals surface area contributed by atoms with Gasteiger partial charge in [-0.1, -0.05) is 168 Å². The number of ketones is 2. The predicted molar refractivity (Wildman–Crippen MR) is 240 cm³/mol. The minimum absolute atomic E-state index is 0.0596. The average molecular weight is 791 g/mol. The number of unbranched alkanes of at least 4 members (excludes halogenated alkanes) is 26. The number of methoxy groups -OCH3 is 1. The first kappa shape index (κ1) is 48.5. The van der Waals surface area contributed by atoms with E-state index >= 15 is 0 Å². The zero-order valence-corrected chi connectivity index (χ0v) is 37.5. The van der Waals surface area contributed by atoms with Crippen LogP contribution in [-0.4, -0.2) is 61.6 Å². The van der Waals surface area contributed by atoms with Gasteiger partial charge < -0.3 is 19.1 Å². The number of aryl methyl sites for hydroxylation is 1. The van der Waals surface area contributed by atoms with Crippen LogP contribution in [0.2, 0.25) is 0 Å². The van der Waals surface area contributed by atoms with Crippen molar-refractivity contribution in [1.82, 2.24) is 0 Å². The number of hydrogen-bond donors (Lipinski definition) is 1. The summed E-state index contributed by atoms with van der Waals surface area (Å²) < 4.78 is 12.9. The fourth-order valence-electron chi connectivity index (χ4n) is 8.78. The van der Waals surface area contributed by atoms with Gasteiger partial charge in [-0.15, -0.1) is 0 Å². The van der Waals surface area contributed by atoms with E-state index in [1.807, 2.05) is 0 Å². The normalized spacial score (nSPS) is 12.6. The third-order valence-corrected chi connectivity index (χ3v) is 12.5. The van der Waals surface area contributed by atoms with E-state index in [1.165, 1.54) is 186 Å². The van der Waals surface area contributed by atoms with Crippen molar-refractivity contribution in [2.45, 2.75) is 201 Å². The van der Waals surface area contributed by atoms with E-state index < -0.39 is 0 Å². The fraction of sp³-hybridized carbons (Fsp3) is 0.725. The van der Waals surface area contributed by atoms with Gasteiger partial charge in [-0.3, -0.25) is 9.59 Å². The molecule has 0 saturated carbocycles. The van der Waals surface area contributed by atoms with Crippen LogP contribution in [0.1, 0.15) is 231 Å². The molecule has 1 aliphatic rings. The van der Waals surface area contributed by atoms with Gasteiger partial charge in [0, 0.05) is 17.2 Å². The number of nitrogens with zero attached hydrogens (tertiary/aromatic N) is 1. The third kappa shape index (κ3) is 17.9. The summed E-state index contributed by atoms with van der Waals surface area (Å²) in [7, 11) is 3.94.